The van der Waals surface area contributed by atoms with E-state index in [-0.39, 0.29) is 36.0 Å². The Labute approximate surface area is 163 Å². The summed E-state index contributed by atoms with van der Waals surface area (Å²) in [5, 5.41) is 10.7. The van der Waals surface area contributed by atoms with Crippen molar-refractivity contribution < 1.29 is 43.9 Å². The van der Waals surface area contributed by atoms with Crippen LogP contribution in [-0.2, 0) is 17.6 Å². The van der Waals surface area contributed by atoms with E-state index in [1.54, 1.807) is 18.2 Å². The molecule has 2 aromatic carbocycles. The molecule has 118 valence electrons. The average Bonchev–Trinajstić information content (AvgIpc) is 2.96. The molecule has 0 atom stereocenters. The van der Waals surface area contributed by atoms with Crippen LogP contribution in [-0.4, -0.2) is 11.0 Å². The van der Waals surface area contributed by atoms with Crippen LogP contribution in [0, 0.1) is 0 Å². The zero-order valence-electron chi connectivity index (χ0n) is 14.0. The summed E-state index contributed by atoms with van der Waals surface area (Å²) in [6.07, 6.45) is 3.33. The van der Waals surface area contributed by atoms with Crippen LogP contribution < -0.4 is 34.7 Å². The maximum absolute atomic E-state index is 10.7. The van der Waals surface area contributed by atoms with Gasteiger partial charge in [-0.05, 0) is 48.2 Å². The van der Waals surface area contributed by atoms with Crippen LogP contribution in [0.4, 0.5) is 0 Å². The number of aryl methyl sites for hydroxylation is 1. The number of oxazole rings is 1. The molecule has 0 amide bonds. The summed E-state index contributed by atoms with van der Waals surface area (Å²) in [6, 6.07) is 13.4. The molecule has 0 aliphatic rings. The number of aromatic nitrogens is 1. The van der Waals surface area contributed by atoms with E-state index in [9.17, 15) is 9.90 Å². The van der Waals surface area contributed by atoms with E-state index in [0.29, 0.717) is 22.6 Å². The molecule has 3 aromatic rings. The summed E-state index contributed by atoms with van der Waals surface area (Å²) in [6.45, 7) is 2.18. The van der Waals surface area contributed by atoms with E-state index < -0.39 is 5.97 Å². The SMILES string of the molecule is CCCCc1ccc(-c2nc3cc(CC(=O)[O-])ccc3o2)cc1.[Na+]. The number of unbranched alkanes of at least 4 members (excludes halogenated alkanes) is 1. The van der Waals surface area contributed by atoms with E-state index >= 15 is 0 Å². The molecule has 0 N–H and O–H groups in total. The van der Waals surface area contributed by atoms with Gasteiger partial charge in [0.25, 0.3) is 0 Å². The predicted octanol–water partition coefficient (Wildman–Crippen LogP) is 0.134. The summed E-state index contributed by atoms with van der Waals surface area (Å²) in [7, 11) is 0. The average molecular weight is 331 g/mol. The van der Waals surface area contributed by atoms with Crippen LogP contribution in [0.25, 0.3) is 22.6 Å². The summed E-state index contributed by atoms with van der Waals surface area (Å²) in [5.74, 6) is -0.552. The van der Waals surface area contributed by atoms with Crippen molar-refractivity contribution in [3.63, 3.8) is 0 Å². The molecular weight excluding hydrogens is 313 g/mol. The van der Waals surface area contributed by atoms with Crippen molar-refractivity contribution in [2.24, 2.45) is 0 Å². The minimum atomic E-state index is -1.10. The number of carbonyl (C=O) groups excluding carboxylic acids is 1. The van der Waals surface area contributed by atoms with Gasteiger partial charge in [0.1, 0.15) is 5.52 Å². The predicted molar refractivity (Wildman–Crippen MR) is 86.8 cm³/mol. The van der Waals surface area contributed by atoms with Gasteiger partial charge in [0.05, 0.1) is 0 Å². The largest absolute Gasteiger partial charge is 1.00 e. The number of benzene rings is 2. The molecule has 0 aliphatic heterocycles. The number of carboxylic acid groups (broad SMARTS) is 1. The van der Waals surface area contributed by atoms with Crippen molar-refractivity contribution in [1.82, 2.24) is 4.98 Å². The number of hydrogen-bond acceptors (Lipinski definition) is 4. The van der Waals surface area contributed by atoms with E-state index in [4.69, 9.17) is 4.42 Å². The Balaban J connectivity index is 0.00000208. The third-order valence-electron chi connectivity index (χ3n) is 3.82. The molecule has 0 radical (unpaired) electrons. The minimum absolute atomic E-state index is 0. The smallest absolute Gasteiger partial charge is 0.550 e. The summed E-state index contributed by atoms with van der Waals surface area (Å²) in [5.41, 5.74) is 4.20. The molecule has 0 aliphatic carbocycles. The van der Waals surface area contributed by atoms with Crippen LogP contribution in [0.5, 0.6) is 0 Å². The van der Waals surface area contributed by atoms with Crippen LogP contribution in [0.3, 0.4) is 0 Å². The van der Waals surface area contributed by atoms with Crippen LogP contribution in [0.15, 0.2) is 46.9 Å². The van der Waals surface area contributed by atoms with E-state index in [2.05, 4.69) is 24.0 Å². The molecular formula is C19H18NNaO3. The molecule has 0 spiro atoms. The van der Waals surface area contributed by atoms with Gasteiger partial charge < -0.3 is 14.3 Å². The Kier molecular flexibility index (Phi) is 6.60. The Morgan fingerprint density at radius 2 is 1.83 bits per heavy atom. The maximum atomic E-state index is 10.7. The van der Waals surface area contributed by atoms with Gasteiger partial charge in [0, 0.05) is 18.0 Å². The fourth-order valence-electron chi connectivity index (χ4n) is 2.57. The Bertz CT molecular complexity index is 824. The third-order valence-corrected chi connectivity index (χ3v) is 3.82. The molecule has 4 nitrogen and oxygen atoms in total. The van der Waals surface area contributed by atoms with Crippen molar-refractivity contribution >= 4 is 17.1 Å². The van der Waals surface area contributed by atoms with E-state index in [1.165, 1.54) is 18.4 Å². The van der Waals surface area contributed by atoms with Gasteiger partial charge in [-0.25, -0.2) is 4.98 Å². The minimum Gasteiger partial charge on any atom is -0.550 e. The molecule has 0 bridgehead atoms. The number of nitrogens with zero attached hydrogens (tertiary/aromatic N) is 1. The summed E-state index contributed by atoms with van der Waals surface area (Å²) in [4.78, 5) is 15.1. The zero-order chi connectivity index (χ0) is 16.2. The van der Waals surface area contributed by atoms with Gasteiger partial charge >= 0.3 is 29.6 Å². The fraction of sp³-hybridized carbons (Fsp3) is 0.263. The molecule has 1 aromatic heterocycles. The number of fused-ring (bicyclic) bond motifs is 1. The first kappa shape index (κ1) is 18.7. The second-order valence-electron chi connectivity index (χ2n) is 5.67. The second kappa shape index (κ2) is 8.47. The zero-order valence-corrected chi connectivity index (χ0v) is 16.0. The Morgan fingerprint density at radius 3 is 2.50 bits per heavy atom. The van der Waals surface area contributed by atoms with E-state index in [1.807, 2.05) is 12.1 Å². The molecule has 1 heterocycles. The Morgan fingerprint density at radius 1 is 1.12 bits per heavy atom. The first-order chi connectivity index (χ1) is 11.2. The van der Waals surface area contributed by atoms with Gasteiger partial charge in [-0.1, -0.05) is 31.5 Å². The molecule has 24 heavy (non-hydrogen) atoms. The van der Waals surface area contributed by atoms with Gasteiger partial charge in [0.15, 0.2) is 5.58 Å². The van der Waals surface area contributed by atoms with Crippen molar-refractivity contribution in [2.45, 2.75) is 32.6 Å². The molecule has 0 fully saturated rings. The number of rotatable bonds is 6. The van der Waals surface area contributed by atoms with Gasteiger partial charge in [0.2, 0.25) is 5.89 Å². The number of carbonyl (C=O) groups is 1. The molecule has 3 rings (SSSR count). The molecule has 0 unspecified atom stereocenters. The number of carboxylic acids is 1. The normalized spacial score (nSPS) is 10.5. The van der Waals surface area contributed by atoms with Crippen molar-refractivity contribution in [1.29, 1.82) is 0 Å². The third kappa shape index (κ3) is 4.47. The van der Waals surface area contributed by atoms with Crippen molar-refractivity contribution in [3.8, 4) is 11.5 Å². The second-order valence-corrected chi connectivity index (χ2v) is 5.67. The first-order valence-electron chi connectivity index (χ1n) is 7.84. The van der Waals surface area contributed by atoms with Gasteiger partial charge in [-0.15, -0.1) is 0 Å². The Hall–Kier alpha value is -1.62. The molecule has 5 heteroatoms. The van der Waals surface area contributed by atoms with Gasteiger partial charge in [-0.3, -0.25) is 0 Å². The van der Waals surface area contributed by atoms with Crippen molar-refractivity contribution in [3.05, 3.63) is 53.6 Å². The molecule has 0 saturated carbocycles. The van der Waals surface area contributed by atoms with Crippen LogP contribution >= 0.6 is 0 Å². The van der Waals surface area contributed by atoms with E-state index in [0.717, 1.165) is 12.0 Å². The van der Waals surface area contributed by atoms with Gasteiger partial charge in [-0.2, -0.15) is 0 Å². The fourth-order valence-corrected chi connectivity index (χ4v) is 2.57. The first-order valence-corrected chi connectivity index (χ1v) is 7.84. The number of hydrogen-bond donors (Lipinski definition) is 0. The summed E-state index contributed by atoms with van der Waals surface area (Å²) < 4.78 is 5.76. The quantitative estimate of drug-likeness (QED) is 0.603. The topological polar surface area (TPSA) is 66.2 Å². The monoisotopic (exact) mass is 331 g/mol. The standard InChI is InChI=1S/C19H19NO3.Na/c1-2-3-4-13-5-8-15(9-6-13)19-20-16-11-14(12-18(21)22)7-10-17(16)23-19;/h5-11H,2-4,12H2,1H3,(H,21,22);/q;+1/p-1. The van der Waals surface area contributed by atoms with Crippen LogP contribution in [0.1, 0.15) is 30.9 Å². The van der Waals surface area contributed by atoms with Crippen LogP contribution in [0.2, 0.25) is 0 Å². The molecule has 0 saturated heterocycles. The maximum Gasteiger partial charge on any atom is 1.00 e. The van der Waals surface area contributed by atoms with Crippen molar-refractivity contribution in [2.75, 3.05) is 0 Å². The number of aliphatic carboxylic acids is 1. The summed E-state index contributed by atoms with van der Waals surface area (Å²) >= 11 is 0.